The average molecular weight is 323 g/mol. The molecule has 1 aromatic carbocycles. The zero-order valence-electron chi connectivity index (χ0n) is 10.9. The van der Waals surface area contributed by atoms with Crippen LogP contribution in [0, 0.1) is 0 Å². The van der Waals surface area contributed by atoms with Crippen LogP contribution in [0.1, 0.15) is 19.2 Å². The minimum absolute atomic E-state index is 0.509. The standard InChI is InChI=1S/C14H15BrN2O2/c1-3-6-13-16-12(15)9-14(17-13)19-11-8-5-4-7-10(11)18-2/h4-5,7-9H,3,6H2,1-2H3. The molecule has 4 nitrogen and oxygen atoms in total. The number of nitrogens with zero attached hydrogens (tertiary/aromatic N) is 2. The lowest BCUT2D eigenvalue weighted by atomic mass is 10.3. The van der Waals surface area contributed by atoms with Crippen LogP contribution in [0.5, 0.6) is 17.4 Å². The van der Waals surface area contributed by atoms with E-state index in [9.17, 15) is 0 Å². The smallest absolute Gasteiger partial charge is 0.223 e. The van der Waals surface area contributed by atoms with Gasteiger partial charge in [-0.1, -0.05) is 19.1 Å². The Labute approximate surface area is 120 Å². The summed E-state index contributed by atoms with van der Waals surface area (Å²) in [5.74, 6) is 2.59. The second kappa shape index (κ2) is 6.52. The molecule has 1 heterocycles. The molecule has 0 amide bonds. The SMILES string of the molecule is CCCc1nc(Br)cc(Oc2ccccc2OC)n1. The van der Waals surface area contributed by atoms with Crippen molar-refractivity contribution >= 4 is 15.9 Å². The number of benzene rings is 1. The van der Waals surface area contributed by atoms with Gasteiger partial charge in [-0.25, -0.2) is 4.98 Å². The van der Waals surface area contributed by atoms with Crippen LogP contribution >= 0.6 is 15.9 Å². The number of aromatic nitrogens is 2. The molecule has 0 aliphatic rings. The molecule has 0 unspecified atom stereocenters. The molecule has 19 heavy (non-hydrogen) atoms. The highest BCUT2D eigenvalue weighted by Crippen LogP contribution is 2.30. The van der Waals surface area contributed by atoms with Crippen LogP contribution in [0.2, 0.25) is 0 Å². The van der Waals surface area contributed by atoms with Crippen LogP contribution in [-0.2, 0) is 6.42 Å². The van der Waals surface area contributed by atoms with Crippen LogP contribution in [0.3, 0.4) is 0 Å². The first-order valence-electron chi connectivity index (χ1n) is 6.07. The summed E-state index contributed by atoms with van der Waals surface area (Å²) >= 11 is 3.37. The quantitative estimate of drug-likeness (QED) is 0.781. The minimum Gasteiger partial charge on any atom is -0.493 e. The van der Waals surface area contributed by atoms with Crippen molar-refractivity contribution in [2.45, 2.75) is 19.8 Å². The Morgan fingerprint density at radius 3 is 2.58 bits per heavy atom. The number of methoxy groups -OCH3 is 1. The molecule has 5 heteroatoms. The van der Waals surface area contributed by atoms with Gasteiger partial charge in [0.1, 0.15) is 10.4 Å². The maximum absolute atomic E-state index is 5.76. The van der Waals surface area contributed by atoms with Gasteiger partial charge in [-0.15, -0.1) is 0 Å². The predicted molar refractivity (Wildman–Crippen MR) is 76.8 cm³/mol. The summed E-state index contributed by atoms with van der Waals surface area (Å²) in [6.07, 6.45) is 1.81. The second-order valence-electron chi connectivity index (χ2n) is 3.95. The second-order valence-corrected chi connectivity index (χ2v) is 4.76. The van der Waals surface area contributed by atoms with Gasteiger partial charge in [0, 0.05) is 12.5 Å². The normalized spacial score (nSPS) is 10.3. The summed E-state index contributed by atoms with van der Waals surface area (Å²) in [7, 11) is 1.61. The van der Waals surface area contributed by atoms with Crippen LogP contribution in [-0.4, -0.2) is 17.1 Å². The summed E-state index contributed by atoms with van der Waals surface area (Å²) in [4.78, 5) is 8.68. The molecule has 100 valence electrons. The number of halogens is 1. The molecule has 0 saturated carbocycles. The molecule has 0 N–H and O–H groups in total. The van der Waals surface area contributed by atoms with E-state index in [1.54, 1.807) is 13.2 Å². The first kappa shape index (κ1) is 13.8. The molecule has 0 bridgehead atoms. The summed E-state index contributed by atoms with van der Waals surface area (Å²) < 4.78 is 11.7. The van der Waals surface area contributed by atoms with Gasteiger partial charge in [0.05, 0.1) is 7.11 Å². The Hall–Kier alpha value is -1.62. The van der Waals surface area contributed by atoms with Gasteiger partial charge in [0.2, 0.25) is 5.88 Å². The van der Waals surface area contributed by atoms with Crippen LogP contribution in [0.15, 0.2) is 34.9 Å². The highest BCUT2D eigenvalue weighted by Gasteiger charge is 2.08. The monoisotopic (exact) mass is 322 g/mol. The summed E-state index contributed by atoms with van der Waals surface area (Å²) in [5.41, 5.74) is 0. The molecule has 0 fully saturated rings. The zero-order chi connectivity index (χ0) is 13.7. The summed E-state index contributed by atoms with van der Waals surface area (Å²) in [6.45, 7) is 2.09. The van der Waals surface area contributed by atoms with Crippen molar-refractivity contribution in [1.82, 2.24) is 9.97 Å². The fraction of sp³-hybridized carbons (Fsp3) is 0.286. The Bertz CT molecular complexity index is 561. The Morgan fingerprint density at radius 1 is 1.16 bits per heavy atom. The third-order valence-electron chi connectivity index (χ3n) is 2.47. The molecule has 0 atom stereocenters. The third kappa shape index (κ3) is 3.67. The van der Waals surface area contributed by atoms with Crippen molar-refractivity contribution in [3.63, 3.8) is 0 Å². The molecule has 0 spiro atoms. The topological polar surface area (TPSA) is 44.2 Å². The fourth-order valence-corrected chi connectivity index (χ4v) is 2.05. The number of aryl methyl sites for hydroxylation is 1. The van der Waals surface area contributed by atoms with Crippen molar-refractivity contribution < 1.29 is 9.47 Å². The maximum Gasteiger partial charge on any atom is 0.223 e. The molecule has 0 aliphatic heterocycles. The van der Waals surface area contributed by atoms with E-state index in [4.69, 9.17) is 9.47 Å². The van der Waals surface area contributed by atoms with Crippen LogP contribution in [0.25, 0.3) is 0 Å². The lowest BCUT2D eigenvalue weighted by Crippen LogP contribution is -1.98. The largest absolute Gasteiger partial charge is 0.493 e. The van der Waals surface area contributed by atoms with E-state index in [-0.39, 0.29) is 0 Å². The average Bonchev–Trinajstić information content (AvgIpc) is 2.39. The van der Waals surface area contributed by atoms with E-state index in [2.05, 4.69) is 32.8 Å². The van der Waals surface area contributed by atoms with Crippen LogP contribution in [0.4, 0.5) is 0 Å². The molecule has 2 aromatic rings. The Morgan fingerprint density at radius 2 is 1.89 bits per heavy atom. The Kier molecular flexibility index (Phi) is 4.74. The number of rotatable bonds is 5. The van der Waals surface area contributed by atoms with Crippen molar-refractivity contribution in [2.24, 2.45) is 0 Å². The first-order chi connectivity index (χ1) is 9.22. The number of para-hydroxylation sites is 2. The molecule has 1 aromatic heterocycles. The molecule has 0 aliphatic carbocycles. The van der Waals surface area contributed by atoms with Gasteiger partial charge in [-0.3, -0.25) is 0 Å². The summed E-state index contributed by atoms with van der Waals surface area (Å²) in [5, 5.41) is 0. The predicted octanol–water partition coefficient (Wildman–Crippen LogP) is 3.99. The van der Waals surface area contributed by atoms with Gasteiger partial charge in [-0.05, 0) is 34.5 Å². The van der Waals surface area contributed by atoms with E-state index in [1.165, 1.54) is 0 Å². The van der Waals surface area contributed by atoms with Gasteiger partial charge in [0.15, 0.2) is 11.5 Å². The fourth-order valence-electron chi connectivity index (χ4n) is 1.65. The van der Waals surface area contributed by atoms with E-state index < -0.39 is 0 Å². The third-order valence-corrected chi connectivity index (χ3v) is 2.88. The lowest BCUT2D eigenvalue weighted by Gasteiger charge is -2.10. The molecular formula is C14H15BrN2O2. The first-order valence-corrected chi connectivity index (χ1v) is 6.86. The highest BCUT2D eigenvalue weighted by molar-refractivity contribution is 9.10. The van der Waals surface area contributed by atoms with Gasteiger partial charge >= 0.3 is 0 Å². The molecular weight excluding hydrogens is 308 g/mol. The van der Waals surface area contributed by atoms with Crippen molar-refractivity contribution in [1.29, 1.82) is 0 Å². The molecule has 0 saturated heterocycles. The molecule has 2 rings (SSSR count). The van der Waals surface area contributed by atoms with E-state index in [0.717, 1.165) is 23.3 Å². The number of hydrogen-bond acceptors (Lipinski definition) is 4. The number of ether oxygens (including phenoxy) is 2. The highest BCUT2D eigenvalue weighted by atomic mass is 79.9. The van der Waals surface area contributed by atoms with Crippen LogP contribution < -0.4 is 9.47 Å². The van der Waals surface area contributed by atoms with E-state index >= 15 is 0 Å². The molecule has 0 radical (unpaired) electrons. The van der Waals surface area contributed by atoms with Crippen molar-refractivity contribution in [2.75, 3.05) is 7.11 Å². The van der Waals surface area contributed by atoms with Gasteiger partial charge in [-0.2, -0.15) is 4.98 Å². The van der Waals surface area contributed by atoms with Crippen molar-refractivity contribution in [3.8, 4) is 17.4 Å². The lowest BCUT2D eigenvalue weighted by molar-refractivity contribution is 0.373. The van der Waals surface area contributed by atoms with E-state index in [0.29, 0.717) is 17.4 Å². The van der Waals surface area contributed by atoms with Gasteiger partial charge < -0.3 is 9.47 Å². The summed E-state index contributed by atoms with van der Waals surface area (Å²) in [6, 6.07) is 9.21. The zero-order valence-corrected chi connectivity index (χ0v) is 12.5. The minimum atomic E-state index is 0.509. The van der Waals surface area contributed by atoms with Crippen molar-refractivity contribution in [3.05, 3.63) is 40.8 Å². The number of hydrogen-bond donors (Lipinski definition) is 0. The van der Waals surface area contributed by atoms with Gasteiger partial charge in [0.25, 0.3) is 0 Å². The Balaban J connectivity index is 2.27. The van der Waals surface area contributed by atoms with E-state index in [1.807, 2.05) is 24.3 Å². The maximum atomic E-state index is 5.76.